The highest BCUT2D eigenvalue weighted by atomic mass is 32.2. The Morgan fingerprint density at radius 3 is 1.32 bits per heavy atom. The largest absolute Gasteiger partial charge is 0.330 e. The maximum atomic E-state index is 11.3. The van der Waals surface area contributed by atoms with Gasteiger partial charge in [0, 0.05) is 0 Å². The Labute approximate surface area is 275 Å². The molecular formula is C39H75NO3S. The van der Waals surface area contributed by atoms with Crippen molar-refractivity contribution in [2.75, 3.05) is 6.54 Å². The minimum atomic E-state index is -4.10. The van der Waals surface area contributed by atoms with Gasteiger partial charge in [-0.05, 0) is 49.3 Å². The second kappa shape index (κ2) is 29.5. The summed E-state index contributed by atoms with van der Waals surface area (Å²) in [6.07, 6.45) is 36.1. The maximum Gasteiger partial charge on any atom is 0.294 e. The third-order valence-electron chi connectivity index (χ3n) is 8.68. The van der Waals surface area contributed by atoms with Crippen LogP contribution in [0.1, 0.15) is 200 Å². The molecule has 0 heterocycles. The number of hydrogen-bond acceptors (Lipinski definition) is 3. The minimum Gasteiger partial charge on any atom is -0.330 e. The summed E-state index contributed by atoms with van der Waals surface area (Å²) in [6, 6.07) is 6.73. The van der Waals surface area contributed by atoms with Gasteiger partial charge >= 0.3 is 0 Å². The first-order valence-corrected chi connectivity index (χ1v) is 20.3. The lowest BCUT2D eigenvalue weighted by Crippen LogP contribution is -2.03. The molecule has 0 aliphatic carbocycles. The van der Waals surface area contributed by atoms with Crippen LogP contribution in [0.15, 0.2) is 29.2 Å². The molecule has 44 heavy (non-hydrogen) atoms. The molecule has 1 aromatic carbocycles. The summed E-state index contributed by atoms with van der Waals surface area (Å²) in [7, 11) is -4.10. The molecule has 0 aromatic heterocycles. The molecule has 0 radical (unpaired) electrons. The summed E-state index contributed by atoms with van der Waals surface area (Å²) >= 11 is 0. The number of rotatable bonds is 28. The second-order valence-electron chi connectivity index (χ2n) is 14.4. The Kier molecular flexibility index (Phi) is 28.9. The fourth-order valence-corrected chi connectivity index (χ4v) is 6.61. The molecule has 0 atom stereocenters. The van der Waals surface area contributed by atoms with Crippen molar-refractivity contribution < 1.29 is 13.0 Å². The van der Waals surface area contributed by atoms with Crippen molar-refractivity contribution in [1.29, 1.82) is 0 Å². The van der Waals surface area contributed by atoms with Crippen LogP contribution in [0, 0.1) is 5.41 Å². The first kappa shape index (κ1) is 43.1. The van der Waals surface area contributed by atoms with Crippen LogP contribution in [0.5, 0.6) is 0 Å². The lowest BCUT2D eigenvalue weighted by molar-refractivity contribution is 0.356. The first-order valence-electron chi connectivity index (χ1n) is 18.9. The van der Waals surface area contributed by atoms with E-state index in [1.54, 1.807) is 12.1 Å². The summed E-state index contributed by atoms with van der Waals surface area (Å²) < 4.78 is 31.8. The Balaban J connectivity index is 0.000000840. The van der Waals surface area contributed by atoms with Gasteiger partial charge in [0.1, 0.15) is 0 Å². The highest BCUT2D eigenvalue weighted by molar-refractivity contribution is 7.85. The molecule has 0 saturated heterocycles. The van der Waals surface area contributed by atoms with Crippen LogP contribution in [-0.4, -0.2) is 19.5 Å². The topological polar surface area (TPSA) is 80.4 Å². The second-order valence-corrected chi connectivity index (χ2v) is 15.8. The molecule has 0 aliphatic heterocycles. The number of benzene rings is 1. The van der Waals surface area contributed by atoms with E-state index in [0.29, 0.717) is 11.8 Å². The van der Waals surface area contributed by atoms with E-state index < -0.39 is 10.1 Å². The molecule has 0 unspecified atom stereocenters. The summed E-state index contributed by atoms with van der Waals surface area (Å²) in [5.41, 5.74) is 6.76. The van der Waals surface area contributed by atoms with Crippen molar-refractivity contribution in [3.05, 3.63) is 29.8 Å². The normalized spacial score (nSPS) is 11.9. The van der Waals surface area contributed by atoms with Crippen molar-refractivity contribution >= 4 is 10.1 Å². The predicted molar refractivity (Wildman–Crippen MR) is 194 cm³/mol. The van der Waals surface area contributed by atoms with Crippen molar-refractivity contribution in [2.45, 2.75) is 206 Å². The summed E-state index contributed by atoms with van der Waals surface area (Å²) in [5.74, 6) is 0. The van der Waals surface area contributed by atoms with Crippen molar-refractivity contribution in [1.82, 2.24) is 0 Å². The smallest absolute Gasteiger partial charge is 0.294 e. The molecule has 1 rings (SSSR count). The number of hydrogen-bond donors (Lipinski definition) is 2. The van der Waals surface area contributed by atoms with Gasteiger partial charge in [-0.3, -0.25) is 4.55 Å². The van der Waals surface area contributed by atoms with Gasteiger partial charge in [0.2, 0.25) is 0 Å². The van der Waals surface area contributed by atoms with E-state index in [1.807, 2.05) is 6.07 Å². The van der Waals surface area contributed by atoms with Crippen LogP contribution < -0.4 is 5.73 Å². The zero-order chi connectivity index (χ0) is 32.8. The highest BCUT2D eigenvalue weighted by Crippen LogP contribution is 2.23. The maximum absolute atomic E-state index is 11.3. The van der Waals surface area contributed by atoms with E-state index in [2.05, 4.69) is 27.7 Å². The third kappa shape index (κ3) is 29.8. The Morgan fingerprint density at radius 2 is 0.932 bits per heavy atom. The standard InChI is InChI=1S/C21H45N.C18H30O3S/c1-21(2,3)19-17-15-13-11-9-7-5-4-6-8-10-12-14-16-18-20-22;1-2-3-4-5-6-7-8-9-10-11-14-17-15-12-13-16-18(17)22(19,20)21/h4-20,22H2,1-3H3;12-13,15-16H,2-11,14H2,1H3,(H,19,20,21). The van der Waals surface area contributed by atoms with Gasteiger partial charge in [0.25, 0.3) is 10.1 Å². The number of unbranched alkanes of at least 4 members (excludes halogenated alkanes) is 23. The van der Waals surface area contributed by atoms with Crippen molar-refractivity contribution in [3.8, 4) is 0 Å². The molecule has 0 bridgehead atoms. The monoisotopic (exact) mass is 638 g/mol. The average molecular weight is 638 g/mol. The van der Waals surface area contributed by atoms with E-state index in [4.69, 9.17) is 5.73 Å². The van der Waals surface area contributed by atoms with Gasteiger partial charge in [-0.25, -0.2) is 0 Å². The Morgan fingerprint density at radius 1 is 0.568 bits per heavy atom. The summed E-state index contributed by atoms with van der Waals surface area (Å²) in [4.78, 5) is 0.0610. The molecule has 0 aliphatic rings. The average Bonchev–Trinajstić information content (AvgIpc) is 2.97. The van der Waals surface area contributed by atoms with Gasteiger partial charge in [-0.15, -0.1) is 0 Å². The lowest BCUT2D eigenvalue weighted by Gasteiger charge is -2.17. The molecule has 0 fully saturated rings. The van der Waals surface area contributed by atoms with Crippen LogP contribution >= 0.6 is 0 Å². The van der Waals surface area contributed by atoms with Crippen molar-refractivity contribution in [2.24, 2.45) is 11.1 Å². The number of nitrogens with two attached hydrogens (primary N) is 1. The van der Waals surface area contributed by atoms with Gasteiger partial charge in [0.15, 0.2) is 0 Å². The molecule has 0 amide bonds. The fraction of sp³-hybridized carbons (Fsp3) is 0.846. The van der Waals surface area contributed by atoms with Gasteiger partial charge in [-0.2, -0.15) is 8.42 Å². The Hall–Kier alpha value is -0.910. The molecule has 260 valence electrons. The van der Waals surface area contributed by atoms with E-state index in [0.717, 1.165) is 24.9 Å². The molecular weight excluding hydrogens is 563 g/mol. The molecule has 5 heteroatoms. The highest BCUT2D eigenvalue weighted by Gasteiger charge is 2.14. The van der Waals surface area contributed by atoms with Crippen LogP contribution in [0.2, 0.25) is 0 Å². The SMILES string of the molecule is CC(C)(C)CCCCCCCCCCCCCCCCCN.CCCCCCCCCCCCc1ccccc1S(=O)(=O)O. The van der Waals surface area contributed by atoms with Gasteiger partial charge in [-0.1, -0.05) is 194 Å². The van der Waals surface area contributed by atoms with Gasteiger partial charge < -0.3 is 5.73 Å². The molecule has 4 nitrogen and oxygen atoms in total. The molecule has 1 aromatic rings. The molecule has 0 spiro atoms. The van der Waals surface area contributed by atoms with Crippen molar-refractivity contribution in [3.63, 3.8) is 0 Å². The lowest BCUT2D eigenvalue weighted by atomic mass is 9.89. The Bertz CT molecular complexity index is 847. The van der Waals surface area contributed by atoms with E-state index in [1.165, 1.54) is 160 Å². The first-order chi connectivity index (χ1) is 21.1. The molecule has 0 saturated carbocycles. The van der Waals surface area contributed by atoms with Crippen LogP contribution in [0.4, 0.5) is 0 Å². The zero-order valence-corrected chi connectivity index (χ0v) is 30.7. The van der Waals surface area contributed by atoms with Crippen LogP contribution in [-0.2, 0) is 16.5 Å². The van der Waals surface area contributed by atoms with Crippen LogP contribution in [0.3, 0.4) is 0 Å². The summed E-state index contributed by atoms with van der Waals surface area (Å²) in [6.45, 7) is 10.2. The van der Waals surface area contributed by atoms with E-state index >= 15 is 0 Å². The predicted octanol–water partition coefficient (Wildman–Crippen LogP) is 12.6. The fourth-order valence-electron chi connectivity index (χ4n) is 5.86. The quantitative estimate of drug-likeness (QED) is 0.0707. The molecule has 3 N–H and O–H groups in total. The van der Waals surface area contributed by atoms with Crippen LogP contribution in [0.25, 0.3) is 0 Å². The number of aryl methyl sites for hydroxylation is 1. The third-order valence-corrected chi connectivity index (χ3v) is 9.64. The summed E-state index contributed by atoms with van der Waals surface area (Å²) in [5, 5.41) is 0. The van der Waals surface area contributed by atoms with E-state index in [9.17, 15) is 13.0 Å². The van der Waals surface area contributed by atoms with Gasteiger partial charge in [0.05, 0.1) is 4.90 Å². The zero-order valence-electron chi connectivity index (χ0n) is 29.9. The minimum absolute atomic E-state index is 0.0610. The van der Waals surface area contributed by atoms with E-state index in [-0.39, 0.29) is 4.90 Å².